The van der Waals surface area contributed by atoms with Crippen LogP contribution in [0.25, 0.3) is 10.2 Å². The quantitative estimate of drug-likeness (QED) is 0.486. The number of aryl methyl sites for hydroxylation is 1. The summed E-state index contributed by atoms with van der Waals surface area (Å²) in [4.78, 5) is 18.1. The van der Waals surface area contributed by atoms with E-state index in [1.54, 1.807) is 24.4 Å². The Hall–Kier alpha value is -2.77. The summed E-state index contributed by atoms with van der Waals surface area (Å²) in [7, 11) is 0. The molecule has 0 saturated heterocycles. The van der Waals surface area contributed by atoms with Crippen LogP contribution in [0.15, 0.2) is 48.7 Å². The molecule has 0 aliphatic carbocycles. The van der Waals surface area contributed by atoms with Gasteiger partial charge >= 0.3 is 0 Å². The van der Waals surface area contributed by atoms with Gasteiger partial charge in [0, 0.05) is 18.1 Å². The molecule has 142 valence electrons. The van der Waals surface area contributed by atoms with Crippen molar-refractivity contribution in [2.24, 2.45) is 0 Å². The van der Waals surface area contributed by atoms with E-state index in [0.29, 0.717) is 23.1 Å². The fraction of sp³-hybridized carbons (Fsp3) is 0.150. The standard InChI is InChI=1S/C20H16ClFN4OS/c1-12-16-8-17(19(27)24-10-14-4-7-18(21)23-9-14)28-20(16)26(25-12)11-13-2-5-15(22)6-3-13/h2-9H,10-11H2,1H3,(H,24,27). The van der Waals surface area contributed by atoms with E-state index in [4.69, 9.17) is 11.6 Å². The van der Waals surface area contributed by atoms with Gasteiger partial charge in [0.25, 0.3) is 5.91 Å². The summed E-state index contributed by atoms with van der Waals surface area (Å²) in [5, 5.41) is 8.81. The number of rotatable bonds is 5. The molecule has 28 heavy (non-hydrogen) atoms. The molecule has 3 heterocycles. The summed E-state index contributed by atoms with van der Waals surface area (Å²) >= 11 is 7.17. The van der Waals surface area contributed by atoms with Gasteiger partial charge in [0.2, 0.25) is 0 Å². The van der Waals surface area contributed by atoms with Crippen LogP contribution in [-0.2, 0) is 13.1 Å². The highest BCUT2D eigenvalue weighted by Gasteiger charge is 2.16. The van der Waals surface area contributed by atoms with E-state index in [9.17, 15) is 9.18 Å². The maximum Gasteiger partial charge on any atom is 0.261 e. The monoisotopic (exact) mass is 414 g/mol. The van der Waals surface area contributed by atoms with Gasteiger partial charge in [0.15, 0.2) is 0 Å². The largest absolute Gasteiger partial charge is 0.347 e. The first-order valence-corrected chi connectivity index (χ1v) is 9.79. The first-order valence-electron chi connectivity index (χ1n) is 8.59. The highest BCUT2D eigenvalue weighted by molar-refractivity contribution is 7.20. The number of thiophene rings is 1. The van der Waals surface area contributed by atoms with E-state index in [1.807, 2.05) is 23.7 Å². The Labute approximate surface area is 169 Å². The fourth-order valence-corrected chi connectivity index (χ4v) is 4.06. The molecule has 0 bridgehead atoms. The number of fused-ring (bicyclic) bond motifs is 1. The maximum absolute atomic E-state index is 13.1. The molecule has 1 amide bonds. The average molecular weight is 415 g/mol. The molecule has 4 aromatic rings. The zero-order valence-corrected chi connectivity index (χ0v) is 16.5. The number of carbonyl (C=O) groups is 1. The zero-order valence-electron chi connectivity index (χ0n) is 14.9. The van der Waals surface area contributed by atoms with Crippen molar-refractivity contribution >= 4 is 39.1 Å². The number of halogens is 2. The van der Waals surface area contributed by atoms with Crippen LogP contribution in [0.3, 0.4) is 0 Å². The van der Waals surface area contributed by atoms with Gasteiger partial charge in [-0.25, -0.2) is 9.37 Å². The van der Waals surface area contributed by atoms with Crippen molar-refractivity contribution in [1.82, 2.24) is 20.1 Å². The van der Waals surface area contributed by atoms with E-state index in [2.05, 4.69) is 15.4 Å². The molecule has 5 nitrogen and oxygen atoms in total. The van der Waals surface area contributed by atoms with Crippen molar-refractivity contribution < 1.29 is 9.18 Å². The van der Waals surface area contributed by atoms with Gasteiger partial charge in [-0.05, 0) is 42.3 Å². The molecule has 3 aromatic heterocycles. The Bertz CT molecular complexity index is 1140. The second kappa shape index (κ2) is 7.69. The third kappa shape index (κ3) is 3.90. The Balaban J connectivity index is 1.52. The molecule has 1 aromatic carbocycles. The third-order valence-electron chi connectivity index (χ3n) is 4.32. The molecule has 0 unspecified atom stereocenters. The minimum atomic E-state index is -0.267. The normalized spacial score (nSPS) is 11.1. The van der Waals surface area contributed by atoms with Crippen LogP contribution in [-0.4, -0.2) is 20.7 Å². The van der Waals surface area contributed by atoms with Gasteiger partial charge in [-0.3, -0.25) is 9.48 Å². The lowest BCUT2D eigenvalue weighted by Gasteiger charge is -2.04. The van der Waals surface area contributed by atoms with Crippen LogP contribution in [0, 0.1) is 12.7 Å². The number of pyridine rings is 1. The molecule has 0 saturated carbocycles. The van der Waals surface area contributed by atoms with E-state index in [0.717, 1.165) is 27.0 Å². The van der Waals surface area contributed by atoms with E-state index < -0.39 is 0 Å². The molecule has 4 rings (SSSR count). The average Bonchev–Trinajstić information content (AvgIpc) is 3.24. The van der Waals surface area contributed by atoms with E-state index in [-0.39, 0.29) is 11.7 Å². The minimum Gasteiger partial charge on any atom is -0.347 e. The zero-order chi connectivity index (χ0) is 19.7. The van der Waals surface area contributed by atoms with Crippen LogP contribution in [0.4, 0.5) is 4.39 Å². The molecule has 0 fully saturated rings. The van der Waals surface area contributed by atoms with Crippen molar-refractivity contribution in [3.05, 3.63) is 81.3 Å². The molecule has 8 heteroatoms. The van der Waals surface area contributed by atoms with Crippen molar-refractivity contribution in [3.8, 4) is 0 Å². The fourth-order valence-electron chi connectivity index (χ4n) is 2.87. The van der Waals surface area contributed by atoms with Crippen LogP contribution in [0.5, 0.6) is 0 Å². The Kier molecular flexibility index (Phi) is 5.11. The molecular formula is C20H16ClFN4OS. The van der Waals surface area contributed by atoms with Gasteiger partial charge in [-0.15, -0.1) is 11.3 Å². The summed E-state index contributed by atoms with van der Waals surface area (Å²) < 4.78 is 15.0. The highest BCUT2D eigenvalue weighted by atomic mass is 35.5. The lowest BCUT2D eigenvalue weighted by Crippen LogP contribution is -2.21. The van der Waals surface area contributed by atoms with E-state index in [1.165, 1.54) is 23.5 Å². The summed E-state index contributed by atoms with van der Waals surface area (Å²) in [5.41, 5.74) is 2.67. The SMILES string of the molecule is Cc1nn(Cc2ccc(F)cc2)c2sc(C(=O)NCc3ccc(Cl)nc3)cc12. The van der Waals surface area contributed by atoms with Crippen LogP contribution >= 0.6 is 22.9 Å². The molecule has 0 aliphatic rings. The summed E-state index contributed by atoms with van der Waals surface area (Å²) in [6.45, 7) is 2.80. The summed E-state index contributed by atoms with van der Waals surface area (Å²) in [6, 6.07) is 11.7. The number of nitrogens with one attached hydrogen (secondary N) is 1. The Morgan fingerprint density at radius 3 is 2.68 bits per heavy atom. The molecule has 0 radical (unpaired) electrons. The molecule has 0 atom stereocenters. The minimum absolute atomic E-state index is 0.149. The van der Waals surface area contributed by atoms with Crippen molar-refractivity contribution in [3.63, 3.8) is 0 Å². The van der Waals surface area contributed by atoms with Crippen LogP contribution in [0.2, 0.25) is 5.15 Å². The number of nitrogens with zero attached hydrogens (tertiary/aromatic N) is 3. The van der Waals surface area contributed by atoms with Gasteiger partial charge in [0.05, 0.1) is 17.1 Å². The van der Waals surface area contributed by atoms with Crippen molar-refractivity contribution in [1.29, 1.82) is 0 Å². The number of hydrogen-bond donors (Lipinski definition) is 1. The second-order valence-corrected chi connectivity index (χ2v) is 7.79. The predicted octanol–water partition coefficient (Wildman–Crippen LogP) is 4.57. The maximum atomic E-state index is 13.1. The van der Waals surface area contributed by atoms with Crippen LogP contribution < -0.4 is 5.32 Å². The number of hydrogen-bond acceptors (Lipinski definition) is 4. The third-order valence-corrected chi connectivity index (χ3v) is 5.69. The van der Waals surface area contributed by atoms with Gasteiger partial charge in [0.1, 0.15) is 15.8 Å². The van der Waals surface area contributed by atoms with Crippen molar-refractivity contribution in [2.45, 2.75) is 20.0 Å². The van der Waals surface area contributed by atoms with Gasteiger partial charge in [-0.2, -0.15) is 5.10 Å². The van der Waals surface area contributed by atoms with Crippen LogP contribution in [0.1, 0.15) is 26.5 Å². The molecule has 1 N–H and O–H groups in total. The summed E-state index contributed by atoms with van der Waals surface area (Å²) in [5.74, 6) is -0.416. The topological polar surface area (TPSA) is 59.8 Å². The number of carbonyl (C=O) groups excluding carboxylic acids is 1. The van der Waals surface area contributed by atoms with Crippen molar-refractivity contribution in [2.75, 3.05) is 0 Å². The summed E-state index contributed by atoms with van der Waals surface area (Å²) in [6.07, 6.45) is 1.64. The lowest BCUT2D eigenvalue weighted by atomic mass is 10.2. The number of aromatic nitrogens is 3. The van der Waals surface area contributed by atoms with Gasteiger partial charge in [-0.1, -0.05) is 29.8 Å². The molecular weight excluding hydrogens is 399 g/mol. The Morgan fingerprint density at radius 1 is 1.21 bits per heavy atom. The van der Waals surface area contributed by atoms with E-state index >= 15 is 0 Å². The first kappa shape index (κ1) is 18.6. The predicted molar refractivity (Wildman–Crippen MR) is 108 cm³/mol. The first-order chi connectivity index (χ1) is 13.5. The number of benzene rings is 1. The highest BCUT2D eigenvalue weighted by Crippen LogP contribution is 2.29. The second-order valence-electron chi connectivity index (χ2n) is 6.37. The number of amides is 1. The molecule has 0 spiro atoms. The molecule has 0 aliphatic heterocycles. The van der Waals surface area contributed by atoms with Gasteiger partial charge < -0.3 is 5.32 Å². The Morgan fingerprint density at radius 2 is 1.96 bits per heavy atom. The smallest absolute Gasteiger partial charge is 0.261 e. The lowest BCUT2D eigenvalue weighted by molar-refractivity contribution is 0.0955.